The summed E-state index contributed by atoms with van der Waals surface area (Å²) in [7, 11) is 0. The van der Waals surface area contributed by atoms with Crippen molar-refractivity contribution in [1.82, 2.24) is 10.2 Å². The Morgan fingerprint density at radius 3 is 2.44 bits per heavy atom. The molecule has 1 rings (SSSR count). The molecule has 0 unspecified atom stereocenters. The quantitative estimate of drug-likeness (QED) is 0.791. The number of hydrogen-bond donors (Lipinski definition) is 2. The van der Waals surface area contributed by atoms with Crippen molar-refractivity contribution >= 4 is 17.9 Å². The first-order valence-corrected chi connectivity index (χ1v) is 6.11. The molecule has 1 aliphatic heterocycles. The zero-order valence-corrected chi connectivity index (χ0v) is 10.9. The summed E-state index contributed by atoms with van der Waals surface area (Å²) in [6.45, 7) is 5.45. The Labute approximate surface area is 106 Å². The minimum Gasteiger partial charge on any atom is -0.481 e. The van der Waals surface area contributed by atoms with Crippen molar-refractivity contribution in [2.45, 2.75) is 39.5 Å². The van der Waals surface area contributed by atoms with Crippen LogP contribution in [0, 0.1) is 5.41 Å². The molecule has 0 aromatic heterocycles. The molecule has 0 aliphatic carbocycles. The van der Waals surface area contributed by atoms with Gasteiger partial charge in [0.25, 0.3) is 0 Å². The second-order valence-corrected chi connectivity index (χ2v) is 5.44. The molecule has 0 aromatic carbocycles. The van der Waals surface area contributed by atoms with Crippen LogP contribution < -0.4 is 5.32 Å². The van der Waals surface area contributed by atoms with Gasteiger partial charge in [0.2, 0.25) is 5.91 Å². The number of nitrogens with zero attached hydrogens (tertiary/aromatic N) is 1. The van der Waals surface area contributed by atoms with Crippen LogP contribution >= 0.6 is 0 Å². The molecule has 0 spiro atoms. The Kier molecular flexibility index (Phi) is 4.69. The average Bonchev–Trinajstić information content (AvgIpc) is 2.58. The fraction of sp³-hybridized carbons (Fsp3) is 0.750. The molecule has 2 N–H and O–H groups in total. The first-order chi connectivity index (χ1) is 8.30. The number of aliphatic carboxylic acids is 1. The third-order valence-corrected chi connectivity index (χ3v) is 3.01. The van der Waals surface area contributed by atoms with Crippen LogP contribution in [0.25, 0.3) is 0 Å². The lowest BCUT2D eigenvalue weighted by Crippen LogP contribution is -2.42. The van der Waals surface area contributed by atoms with E-state index in [0.29, 0.717) is 13.1 Å². The van der Waals surface area contributed by atoms with Crippen LogP contribution in [0.1, 0.15) is 39.5 Å². The number of carbonyl (C=O) groups is 3. The number of likely N-dealkylation sites (tertiary alicyclic amines) is 1. The van der Waals surface area contributed by atoms with Crippen LogP contribution in [0.15, 0.2) is 0 Å². The molecule has 1 aliphatic rings. The third kappa shape index (κ3) is 4.73. The van der Waals surface area contributed by atoms with E-state index in [1.54, 1.807) is 4.90 Å². The van der Waals surface area contributed by atoms with Gasteiger partial charge in [-0.25, -0.2) is 4.79 Å². The van der Waals surface area contributed by atoms with Crippen molar-refractivity contribution in [2.24, 2.45) is 5.41 Å². The molecule has 1 fully saturated rings. The maximum Gasteiger partial charge on any atom is 0.324 e. The van der Waals surface area contributed by atoms with Gasteiger partial charge in [0.1, 0.15) is 0 Å². The normalized spacial score (nSPS) is 17.6. The van der Waals surface area contributed by atoms with E-state index < -0.39 is 11.9 Å². The van der Waals surface area contributed by atoms with Crippen molar-refractivity contribution in [1.29, 1.82) is 0 Å². The maximum absolute atomic E-state index is 11.7. The Morgan fingerprint density at radius 1 is 1.28 bits per heavy atom. The Morgan fingerprint density at radius 2 is 1.94 bits per heavy atom. The predicted molar refractivity (Wildman–Crippen MR) is 65.0 cm³/mol. The van der Waals surface area contributed by atoms with Gasteiger partial charge in [0, 0.05) is 25.9 Å². The minimum absolute atomic E-state index is 0.0572. The molecular weight excluding hydrogens is 236 g/mol. The van der Waals surface area contributed by atoms with Crippen LogP contribution in [0.3, 0.4) is 0 Å². The molecule has 3 amide bonds. The number of carboxylic acid groups (broad SMARTS) is 1. The van der Waals surface area contributed by atoms with Gasteiger partial charge >= 0.3 is 12.0 Å². The summed E-state index contributed by atoms with van der Waals surface area (Å²) in [6, 6.07) is -0.374. The van der Waals surface area contributed by atoms with Crippen molar-refractivity contribution in [3.63, 3.8) is 0 Å². The molecular formula is C12H20N2O4. The van der Waals surface area contributed by atoms with Crippen LogP contribution in [-0.2, 0) is 9.59 Å². The molecule has 0 atom stereocenters. The molecule has 6 heteroatoms. The monoisotopic (exact) mass is 256 g/mol. The van der Waals surface area contributed by atoms with Gasteiger partial charge in [-0.05, 0) is 18.3 Å². The maximum atomic E-state index is 11.7. The molecule has 1 saturated heterocycles. The van der Waals surface area contributed by atoms with E-state index in [9.17, 15) is 14.4 Å². The summed E-state index contributed by atoms with van der Waals surface area (Å²) in [5.41, 5.74) is 0.101. The van der Waals surface area contributed by atoms with Gasteiger partial charge in [-0.2, -0.15) is 0 Å². The molecule has 0 bridgehead atoms. The molecule has 1 heterocycles. The number of urea groups is 1. The standard InChI is InChI=1S/C12H20N2O4/c1-12(2)6-7-14(8-12)11(18)13-9(15)4-3-5-10(16)17/h3-8H2,1-2H3,(H,16,17)(H,13,15,18). The second-order valence-electron chi connectivity index (χ2n) is 5.44. The molecule has 6 nitrogen and oxygen atoms in total. The number of carboxylic acids is 1. The summed E-state index contributed by atoms with van der Waals surface area (Å²) < 4.78 is 0. The van der Waals surface area contributed by atoms with Crippen molar-refractivity contribution in [3.8, 4) is 0 Å². The largest absolute Gasteiger partial charge is 0.481 e. The van der Waals surface area contributed by atoms with Crippen LogP contribution in [0.4, 0.5) is 4.79 Å². The van der Waals surface area contributed by atoms with E-state index in [-0.39, 0.29) is 30.7 Å². The van der Waals surface area contributed by atoms with E-state index in [4.69, 9.17) is 5.11 Å². The third-order valence-electron chi connectivity index (χ3n) is 3.01. The lowest BCUT2D eigenvalue weighted by atomic mass is 9.93. The first-order valence-electron chi connectivity index (χ1n) is 6.11. The molecule has 0 radical (unpaired) electrons. The first kappa shape index (κ1) is 14.5. The molecule has 102 valence electrons. The topological polar surface area (TPSA) is 86.7 Å². The lowest BCUT2D eigenvalue weighted by molar-refractivity contribution is -0.137. The Hall–Kier alpha value is -1.59. The number of hydrogen-bond acceptors (Lipinski definition) is 3. The van der Waals surface area contributed by atoms with Gasteiger partial charge in [-0.3, -0.25) is 14.9 Å². The second kappa shape index (κ2) is 5.84. The van der Waals surface area contributed by atoms with E-state index in [0.717, 1.165) is 6.42 Å². The Balaban J connectivity index is 2.28. The van der Waals surface area contributed by atoms with E-state index in [1.165, 1.54) is 0 Å². The fourth-order valence-electron chi connectivity index (χ4n) is 1.95. The molecule has 0 saturated carbocycles. The summed E-state index contributed by atoms with van der Waals surface area (Å²) in [4.78, 5) is 35.0. The summed E-state index contributed by atoms with van der Waals surface area (Å²) >= 11 is 0. The van der Waals surface area contributed by atoms with E-state index in [2.05, 4.69) is 19.2 Å². The highest BCUT2D eigenvalue weighted by atomic mass is 16.4. The summed E-state index contributed by atoms with van der Waals surface area (Å²) in [6.07, 6.45) is 1.18. The predicted octanol–water partition coefficient (Wildman–Crippen LogP) is 1.21. The highest BCUT2D eigenvalue weighted by Crippen LogP contribution is 2.28. The number of nitrogens with one attached hydrogen (secondary N) is 1. The number of amides is 3. The van der Waals surface area contributed by atoms with Crippen molar-refractivity contribution < 1.29 is 19.5 Å². The Bertz CT molecular complexity index is 352. The fourth-order valence-corrected chi connectivity index (χ4v) is 1.95. The zero-order chi connectivity index (χ0) is 13.8. The molecule has 0 aromatic rings. The van der Waals surface area contributed by atoms with Gasteiger partial charge in [0.05, 0.1) is 0 Å². The molecule has 18 heavy (non-hydrogen) atoms. The van der Waals surface area contributed by atoms with Crippen molar-refractivity contribution in [3.05, 3.63) is 0 Å². The van der Waals surface area contributed by atoms with Gasteiger partial charge < -0.3 is 10.0 Å². The SMILES string of the molecule is CC1(C)CCN(C(=O)NC(=O)CCCC(=O)O)C1. The summed E-state index contributed by atoms with van der Waals surface area (Å²) in [5, 5.41) is 10.7. The minimum atomic E-state index is -0.935. The van der Waals surface area contributed by atoms with Gasteiger partial charge in [-0.1, -0.05) is 13.8 Å². The lowest BCUT2D eigenvalue weighted by Gasteiger charge is -2.19. The summed E-state index contributed by atoms with van der Waals surface area (Å²) in [5.74, 6) is -1.35. The van der Waals surface area contributed by atoms with E-state index >= 15 is 0 Å². The highest BCUT2D eigenvalue weighted by Gasteiger charge is 2.32. The van der Waals surface area contributed by atoms with Crippen LogP contribution in [0.5, 0.6) is 0 Å². The average molecular weight is 256 g/mol. The number of rotatable bonds is 4. The van der Waals surface area contributed by atoms with Gasteiger partial charge in [-0.15, -0.1) is 0 Å². The van der Waals surface area contributed by atoms with Gasteiger partial charge in [0.15, 0.2) is 0 Å². The van der Waals surface area contributed by atoms with E-state index in [1.807, 2.05) is 0 Å². The highest BCUT2D eigenvalue weighted by molar-refractivity contribution is 5.94. The number of imide groups is 1. The smallest absolute Gasteiger partial charge is 0.324 e. The number of carbonyl (C=O) groups excluding carboxylic acids is 2. The van der Waals surface area contributed by atoms with Crippen molar-refractivity contribution in [2.75, 3.05) is 13.1 Å². The zero-order valence-electron chi connectivity index (χ0n) is 10.9. The van der Waals surface area contributed by atoms with Crippen LogP contribution in [0.2, 0.25) is 0 Å². The van der Waals surface area contributed by atoms with Crippen LogP contribution in [-0.4, -0.2) is 41.0 Å².